The first kappa shape index (κ1) is 22.1. The minimum absolute atomic E-state index is 0.0887. The van der Waals surface area contributed by atoms with E-state index in [1.807, 2.05) is 39.0 Å². The van der Waals surface area contributed by atoms with Gasteiger partial charge >= 0.3 is 6.09 Å². The third-order valence-corrected chi connectivity index (χ3v) is 5.34. The van der Waals surface area contributed by atoms with Crippen molar-refractivity contribution in [3.05, 3.63) is 24.3 Å². The summed E-state index contributed by atoms with van der Waals surface area (Å²) in [7, 11) is 3.38. The van der Waals surface area contributed by atoms with Crippen molar-refractivity contribution in [2.75, 3.05) is 32.5 Å². The Hall–Kier alpha value is -2.22. The number of ether oxygens (including phenoxy) is 1. The molecule has 0 unspecified atom stereocenters. The first-order valence-corrected chi connectivity index (χ1v) is 10.2. The van der Waals surface area contributed by atoms with Crippen molar-refractivity contribution in [3.8, 4) is 0 Å². The number of para-hydroxylation sites is 1. The normalized spacial score (nSPS) is 15.1. The van der Waals surface area contributed by atoms with E-state index in [0.29, 0.717) is 36.5 Å². The minimum Gasteiger partial charge on any atom is -0.444 e. The van der Waals surface area contributed by atoms with E-state index < -0.39 is 5.60 Å². The van der Waals surface area contributed by atoms with Gasteiger partial charge in [-0.15, -0.1) is 0 Å². The standard InChI is InChI=1S/C20H29N3O4S/c1-20(2,3)27-18(25)23-12-10-14(11-13-23)17(24)21-15-8-6-7-9-16(15)28-19(26)22(4)5/h6-9,14H,10-13H2,1-5H3,(H,21,24). The highest BCUT2D eigenvalue weighted by Gasteiger charge is 2.30. The highest BCUT2D eigenvalue weighted by Crippen LogP contribution is 2.30. The van der Waals surface area contributed by atoms with Gasteiger partial charge in [-0.1, -0.05) is 12.1 Å². The number of rotatable bonds is 3. The summed E-state index contributed by atoms with van der Waals surface area (Å²) >= 11 is 1.08. The van der Waals surface area contributed by atoms with Crippen LogP contribution in [0.25, 0.3) is 0 Å². The fourth-order valence-corrected chi connectivity index (χ4v) is 3.48. The Balaban J connectivity index is 1.93. The third-order valence-electron chi connectivity index (χ3n) is 4.22. The molecule has 0 bridgehead atoms. The Morgan fingerprint density at radius 1 is 1.14 bits per heavy atom. The van der Waals surface area contributed by atoms with Gasteiger partial charge in [0.15, 0.2) is 0 Å². The van der Waals surface area contributed by atoms with E-state index in [2.05, 4.69) is 5.32 Å². The zero-order chi connectivity index (χ0) is 20.9. The van der Waals surface area contributed by atoms with Gasteiger partial charge in [-0.3, -0.25) is 9.59 Å². The molecule has 1 fully saturated rings. The van der Waals surface area contributed by atoms with Crippen LogP contribution in [0.5, 0.6) is 0 Å². The molecule has 1 N–H and O–H groups in total. The van der Waals surface area contributed by atoms with Crippen LogP contribution in [0.2, 0.25) is 0 Å². The first-order valence-electron chi connectivity index (χ1n) is 9.34. The van der Waals surface area contributed by atoms with E-state index in [-0.39, 0.29) is 23.2 Å². The lowest BCUT2D eigenvalue weighted by Crippen LogP contribution is -2.43. The quantitative estimate of drug-likeness (QED) is 0.765. The zero-order valence-electron chi connectivity index (χ0n) is 17.2. The SMILES string of the molecule is CN(C)C(=O)Sc1ccccc1NC(=O)C1CCN(C(=O)OC(C)(C)C)CC1. The third kappa shape index (κ3) is 6.44. The number of thioether (sulfide) groups is 1. The van der Waals surface area contributed by atoms with Crippen molar-refractivity contribution in [2.45, 2.75) is 44.1 Å². The molecule has 0 aliphatic carbocycles. The zero-order valence-corrected chi connectivity index (χ0v) is 18.0. The summed E-state index contributed by atoms with van der Waals surface area (Å²) in [4.78, 5) is 40.7. The van der Waals surface area contributed by atoms with Gasteiger partial charge < -0.3 is 19.9 Å². The number of nitrogens with one attached hydrogen (secondary N) is 1. The van der Waals surface area contributed by atoms with Crippen molar-refractivity contribution in [1.82, 2.24) is 9.80 Å². The summed E-state index contributed by atoms with van der Waals surface area (Å²) in [5.74, 6) is -0.268. The summed E-state index contributed by atoms with van der Waals surface area (Å²) in [5, 5.41) is 2.84. The second-order valence-electron chi connectivity index (χ2n) is 7.99. The fraction of sp³-hybridized carbons (Fsp3) is 0.550. The second-order valence-corrected chi connectivity index (χ2v) is 8.98. The van der Waals surface area contributed by atoms with Crippen LogP contribution in [0.4, 0.5) is 15.3 Å². The van der Waals surface area contributed by atoms with Gasteiger partial charge in [-0.2, -0.15) is 0 Å². The Bertz CT molecular complexity index is 722. The average Bonchev–Trinajstić information content (AvgIpc) is 2.61. The van der Waals surface area contributed by atoms with Crippen LogP contribution in [-0.2, 0) is 9.53 Å². The Kier molecular flexibility index (Phi) is 7.35. The number of hydrogen-bond donors (Lipinski definition) is 1. The molecular weight excluding hydrogens is 378 g/mol. The van der Waals surface area contributed by atoms with Crippen molar-refractivity contribution < 1.29 is 19.1 Å². The molecule has 0 aromatic heterocycles. The Morgan fingerprint density at radius 2 is 1.75 bits per heavy atom. The maximum Gasteiger partial charge on any atom is 0.410 e. The van der Waals surface area contributed by atoms with E-state index in [1.165, 1.54) is 4.90 Å². The van der Waals surface area contributed by atoms with E-state index >= 15 is 0 Å². The van der Waals surface area contributed by atoms with Gasteiger partial charge in [0.1, 0.15) is 5.60 Å². The van der Waals surface area contributed by atoms with Gasteiger partial charge in [0.05, 0.1) is 5.69 Å². The lowest BCUT2D eigenvalue weighted by molar-refractivity contribution is -0.121. The lowest BCUT2D eigenvalue weighted by atomic mass is 9.96. The molecule has 0 saturated carbocycles. The summed E-state index contributed by atoms with van der Waals surface area (Å²) in [6.07, 6.45) is 0.823. The largest absolute Gasteiger partial charge is 0.444 e. The molecule has 3 amide bonds. The van der Waals surface area contributed by atoms with Crippen molar-refractivity contribution in [2.24, 2.45) is 5.92 Å². The maximum atomic E-state index is 12.7. The molecule has 0 atom stereocenters. The molecule has 7 nitrogen and oxygen atoms in total. The monoisotopic (exact) mass is 407 g/mol. The minimum atomic E-state index is -0.531. The lowest BCUT2D eigenvalue weighted by Gasteiger charge is -2.33. The second kappa shape index (κ2) is 9.32. The number of nitrogens with zero attached hydrogens (tertiary/aromatic N) is 2. The summed E-state index contributed by atoms with van der Waals surface area (Å²) < 4.78 is 5.39. The van der Waals surface area contributed by atoms with Crippen molar-refractivity contribution in [1.29, 1.82) is 0 Å². The molecule has 1 aliphatic heterocycles. The van der Waals surface area contributed by atoms with Gasteiger partial charge in [0, 0.05) is 38.0 Å². The highest BCUT2D eigenvalue weighted by atomic mass is 32.2. The van der Waals surface area contributed by atoms with Gasteiger partial charge in [0.25, 0.3) is 5.24 Å². The molecule has 28 heavy (non-hydrogen) atoms. The maximum absolute atomic E-state index is 12.7. The molecule has 1 aromatic carbocycles. The number of anilines is 1. The number of piperidine rings is 1. The number of hydrogen-bond acceptors (Lipinski definition) is 5. The van der Waals surface area contributed by atoms with Gasteiger partial charge in [0.2, 0.25) is 5.91 Å². The molecule has 0 spiro atoms. The fourth-order valence-electron chi connectivity index (χ4n) is 2.73. The molecule has 1 aliphatic rings. The first-order chi connectivity index (χ1) is 13.1. The molecule has 1 aromatic rings. The molecule has 2 rings (SSSR count). The predicted octanol–water partition coefficient (Wildman–Crippen LogP) is 4.05. The Labute approximate surface area is 170 Å². The molecule has 8 heteroatoms. The number of benzene rings is 1. The van der Waals surface area contributed by atoms with Crippen LogP contribution < -0.4 is 5.32 Å². The van der Waals surface area contributed by atoms with Crippen LogP contribution in [-0.4, -0.2) is 59.8 Å². The van der Waals surface area contributed by atoms with Crippen LogP contribution in [0.15, 0.2) is 29.2 Å². The number of carbonyl (C=O) groups is 3. The van der Waals surface area contributed by atoms with Crippen molar-refractivity contribution in [3.63, 3.8) is 0 Å². The van der Waals surface area contributed by atoms with Crippen LogP contribution in [0.3, 0.4) is 0 Å². The van der Waals surface area contributed by atoms with Gasteiger partial charge in [-0.25, -0.2) is 4.79 Å². The smallest absolute Gasteiger partial charge is 0.410 e. The summed E-state index contributed by atoms with van der Waals surface area (Å²) in [6, 6.07) is 7.26. The number of likely N-dealkylation sites (tertiary alicyclic amines) is 1. The molecule has 1 saturated heterocycles. The summed E-state index contributed by atoms with van der Waals surface area (Å²) in [6.45, 7) is 6.48. The predicted molar refractivity (Wildman–Crippen MR) is 111 cm³/mol. The van der Waals surface area contributed by atoms with E-state index in [9.17, 15) is 14.4 Å². The number of carbonyl (C=O) groups excluding carboxylic acids is 3. The summed E-state index contributed by atoms with van der Waals surface area (Å²) in [5.41, 5.74) is 0.0960. The van der Waals surface area contributed by atoms with Crippen LogP contribution in [0, 0.1) is 5.92 Å². The van der Waals surface area contributed by atoms with E-state index in [1.54, 1.807) is 25.1 Å². The topological polar surface area (TPSA) is 79.0 Å². The van der Waals surface area contributed by atoms with E-state index in [0.717, 1.165) is 11.8 Å². The Morgan fingerprint density at radius 3 is 2.32 bits per heavy atom. The van der Waals surface area contributed by atoms with Crippen molar-refractivity contribution >= 4 is 34.7 Å². The molecular formula is C20H29N3O4S. The van der Waals surface area contributed by atoms with Crippen LogP contribution in [0.1, 0.15) is 33.6 Å². The molecule has 0 radical (unpaired) electrons. The van der Waals surface area contributed by atoms with E-state index in [4.69, 9.17) is 4.74 Å². The van der Waals surface area contributed by atoms with Gasteiger partial charge in [-0.05, 0) is 57.5 Å². The molecule has 154 valence electrons. The average molecular weight is 408 g/mol. The van der Waals surface area contributed by atoms with Crippen LogP contribution >= 0.6 is 11.8 Å². The highest BCUT2D eigenvalue weighted by molar-refractivity contribution is 8.13. The number of amides is 3. The molecule has 1 heterocycles.